The van der Waals surface area contributed by atoms with Crippen LogP contribution in [0.25, 0.3) is 10.2 Å². The number of carbonyl (C=O) groups excluding carboxylic acids is 1. The summed E-state index contributed by atoms with van der Waals surface area (Å²) in [5.41, 5.74) is 0.957. The fourth-order valence-electron chi connectivity index (χ4n) is 1.35. The lowest BCUT2D eigenvalue weighted by atomic mass is 10.3. The maximum Gasteiger partial charge on any atom is 0.307 e. The van der Waals surface area contributed by atoms with Gasteiger partial charge in [0.1, 0.15) is 0 Å². The number of nitrogens with one attached hydrogen (secondary N) is 1. The van der Waals surface area contributed by atoms with Gasteiger partial charge in [-0.15, -0.1) is 0 Å². The third-order valence-corrected chi connectivity index (χ3v) is 3.65. The highest BCUT2D eigenvalue weighted by molar-refractivity contribution is 9.10. The summed E-state index contributed by atoms with van der Waals surface area (Å²) in [5.74, 6) is -0.221. The second-order valence-electron chi connectivity index (χ2n) is 3.38. The van der Waals surface area contributed by atoms with E-state index < -0.39 is 0 Å². The number of nitrogens with zero attached hydrogens (tertiary/aromatic N) is 1. The zero-order chi connectivity index (χ0) is 12.3. The molecule has 0 spiro atoms. The molecule has 2 aromatic rings. The molecular weight excluding hydrogens is 304 g/mol. The minimum absolute atomic E-state index is 0.221. The molecule has 0 aliphatic rings. The van der Waals surface area contributed by atoms with Crippen LogP contribution >= 0.6 is 27.3 Å². The summed E-state index contributed by atoms with van der Waals surface area (Å²) in [6.45, 7) is 0.535. The quantitative estimate of drug-likeness (QED) is 0.881. The molecule has 1 heterocycles. The third-order valence-electron chi connectivity index (χ3n) is 2.18. The molecular formula is C11H11BrN2O2S. The highest BCUT2D eigenvalue weighted by Gasteiger charge is 2.05. The molecule has 6 heteroatoms. The van der Waals surface area contributed by atoms with E-state index in [1.165, 1.54) is 7.11 Å². The summed E-state index contributed by atoms with van der Waals surface area (Å²) in [4.78, 5) is 15.3. The summed E-state index contributed by atoms with van der Waals surface area (Å²) in [5, 5.41) is 3.93. The number of fused-ring (bicyclic) bond motifs is 1. The predicted octanol–water partition coefficient (Wildman–Crippen LogP) is 3.03. The van der Waals surface area contributed by atoms with E-state index in [0.717, 1.165) is 19.8 Å². The SMILES string of the molecule is COC(=O)CCNc1nc2ccc(Br)cc2s1. The van der Waals surface area contributed by atoms with Gasteiger partial charge in [-0.25, -0.2) is 4.98 Å². The highest BCUT2D eigenvalue weighted by Crippen LogP contribution is 2.28. The summed E-state index contributed by atoms with van der Waals surface area (Å²) in [6.07, 6.45) is 0.343. The first-order chi connectivity index (χ1) is 8.19. The van der Waals surface area contributed by atoms with Crippen molar-refractivity contribution in [2.75, 3.05) is 19.0 Å². The Hall–Kier alpha value is -1.14. The van der Waals surface area contributed by atoms with Gasteiger partial charge in [-0.1, -0.05) is 27.3 Å². The van der Waals surface area contributed by atoms with Crippen molar-refractivity contribution in [1.82, 2.24) is 4.98 Å². The van der Waals surface area contributed by atoms with Crippen molar-refractivity contribution in [3.8, 4) is 0 Å². The second-order valence-corrected chi connectivity index (χ2v) is 5.33. The van der Waals surface area contributed by atoms with Crippen LogP contribution in [0.5, 0.6) is 0 Å². The van der Waals surface area contributed by atoms with E-state index in [4.69, 9.17) is 0 Å². The normalized spacial score (nSPS) is 10.5. The van der Waals surface area contributed by atoms with Gasteiger partial charge < -0.3 is 10.1 Å². The van der Waals surface area contributed by atoms with Crippen molar-refractivity contribution in [2.24, 2.45) is 0 Å². The van der Waals surface area contributed by atoms with Crippen LogP contribution in [0.2, 0.25) is 0 Å². The number of benzene rings is 1. The van der Waals surface area contributed by atoms with E-state index in [-0.39, 0.29) is 5.97 Å². The number of thiazole rings is 1. The molecule has 0 aliphatic carbocycles. The first kappa shape index (κ1) is 12.3. The highest BCUT2D eigenvalue weighted by atomic mass is 79.9. The van der Waals surface area contributed by atoms with Gasteiger partial charge in [0, 0.05) is 11.0 Å². The Bertz CT molecular complexity index is 541. The Balaban J connectivity index is 2.02. The third kappa shape index (κ3) is 3.17. The topological polar surface area (TPSA) is 51.2 Å². The lowest BCUT2D eigenvalue weighted by Gasteiger charge is -2.00. The number of aromatic nitrogens is 1. The Kier molecular flexibility index (Phi) is 3.96. The first-order valence-electron chi connectivity index (χ1n) is 5.06. The van der Waals surface area contributed by atoms with Gasteiger partial charge in [0.2, 0.25) is 0 Å². The molecule has 1 N–H and O–H groups in total. The van der Waals surface area contributed by atoms with Crippen LogP contribution in [-0.4, -0.2) is 24.6 Å². The van der Waals surface area contributed by atoms with Crippen LogP contribution in [0.4, 0.5) is 5.13 Å². The molecule has 1 aromatic carbocycles. The van der Waals surface area contributed by atoms with Gasteiger partial charge in [0.15, 0.2) is 5.13 Å². The molecule has 0 bridgehead atoms. The number of esters is 1. The Morgan fingerprint density at radius 3 is 3.18 bits per heavy atom. The number of hydrogen-bond acceptors (Lipinski definition) is 5. The van der Waals surface area contributed by atoms with Crippen molar-refractivity contribution in [3.05, 3.63) is 22.7 Å². The lowest BCUT2D eigenvalue weighted by Crippen LogP contribution is -2.09. The minimum atomic E-state index is -0.221. The largest absolute Gasteiger partial charge is 0.469 e. The average molecular weight is 315 g/mol. The number of halogens is 1. The van der Waals surface area contributed by atoms with Crippen LogP contribution in [-0.2, 0) is 9.53 Å². The smallest absolute Gasteiger partial charge is 0.307 e. The lowest BCUT2D eigenvalue weighted by molar-refractivity contribution is -0.140. The number of carbonyl (C=O) groups is 1. The average Bonchev–Trinajstić information content (AvgIpc) is 2.70. The number of methoxy groups -OCH3 is 1. The van der Waals surface area contributed by atoms with E-state index >= 15 is 0 Å². The molecule has 0 fully saturated rings. The molecule has 0 saturated carbocycles. The van der Waals surface area contributed by atoms with Crippen molar-refractivity contribution in [1.29, 1.82) is 0 Å². The van der Waals surface area contributed by atoms with Gasteiger partial charge in [0.05, 0.1) is 23.7 Å². The molecule has 0 unspecified atom stereocenters. The molecule has 0 saturated heterocycles. The van der Waals surface area contributed by atoms with Gasteiger partial charge in [-0.05, 0) is 18.2 Å². The zero-order valence-corrected chi connectivity index (χ0v) is 11.6. The Labute approximate surface area is 111 Å². The van der Waals surface area contributed by atoms with Crippen LogP contribution in [0.15, 0.2) is 22.7 Å². The fourth-order valence-corrected chi connectivity index (χ4v) is 2.79. The predicted molar refractivity (Wildman–Crippen MR) is 72.4 cm³/mol. The second kappa shape index (κ2) is 5.46. The van der Waals surface area contributed by atoms with Crippen LogP contribution in [0.1, 0.15) is 6.42 Å². The van der Waals surface area contributed by atoms with E-state index in [1.807, 2.05) is 18.2 Å². The van der Waals surface area contributed by atoms with Crippen LogP contribution in [0.3, 0.4) is 0 Å². The molecule has 0 amide bonds. The molecule has 90 valence electrons. The van der Waals surface area contributed by atoms with E-state index in [0.29, 0.717) is 13.0 Å². The Morgan fingerprint density at radius 1 is 1.59 bits per heavy atom. The molecule has 1 aromatic heterocycles. The molecule has 0 atom stereocenters. The number of anilines is 1. The first-order valence-corrected chi connectivity index (χ1v) is 6.67. The van der Waals surface area contributed by atoms with Gasteiger partial charge in [-0.2, -0.15) is 0 Å². The van der Waals surface area contributed by atoms with E-state index in [1.54, 1.807) is 11.3 Å². The molecule has 17 heavy (non-hydrogen) atoms. The number of rotatable bonds is 4. The molecule has 4 nitrogen and oxygen atoms in total. The summed E-state index contributed by atoms with van der Waals surface area (Å²) in [6, 6.07) is 5.94. The van der Waals surface area contributed by atoms with Crippen molar-refractivity contribution >= 4 is 48.6 Å². The van der Waals surface area contributed by atoms with Crippen molar-refractivity contribution < 1.29 is 9.53 Å². The number of ether oxygens (including phenoxy) is 1. The summed E-state index contributed by atoms with van der Waals surface area (Å²) >= 11 is 4.99. The monoisotopic (exact) mass is 314 g/mol. The van der Waals surface area contributed by atoms with Gasteiger partial charge >= 0.3 is 5.97 Å². The van der Waals surface area contributed by atoms with Crippen molar-refractivity contribution in [2.45, 2.75) is 6.42 Å². The van der Waals surface area contributed by atoms with Crippen molar-refractivity contribution in [3.63, 3.8) is 0 Å². The maximum atomic E-state index is 10.9. The zero-order valence-electron chi connectivity index (χ0n) is 9.20. The Morgan fingerprint density at radius 2 is 2.41 bits per heavy atom. The van der Waals surface area contributed by atoms with Crippen LogP contribution < -0.4 is 5.32 Å². The summed E-state index contributed by atoms with van der Waals surface area (Å²) in [7, 11) is 1.39. The fraction of sp³-hybridized carbons (Fsp3) is 0.273. The maximum absolute atomic E-state index is 10.9. The molecule has 2 rings (SSSR count). The standard InChI is InChI=1S/C11H11BrN2O2S/c1-16-10(15)4-5-13-11-14-8-3-2-7(12)6-9(8)17-11/h2-3,6H,4-5H2,1H3,(H,13,14). The van der Waals surface area contributed by atoms with E-state index in [9.17, 15) is 4.79 Å². The minimum Gasteiger partial charge on any atom is -0.469 e. The molecule has 0 aliphatic heterocycles. The summed E-state index contributed by atoms with van der Waals surface area (Å²) < 4.78 is 6.71. The van der Waals surface area contributed by atoms with Gasteiger partial charge in [-0.3, -0.25) is 4.79 Å². The van der Waals surface area contributed by atoms with Gasteiger partial charge in [0.25, 0.3) is 0 Å². The van der Waals surface area contributed by atoms with E-state index in [2.05, 4.69) is 31.0 Å². The van der Waals surface area contributed by atoms with Crippen LogP contribution in [0, 0.1) is 0 Å². The number of hydrogen-bond donors (Lipinski definition) is 1. The molecule has 0 radical (unpaired) electrons.